The number of ether oxygens (including phenoxy) is 6. The summed E-state index contributed by atoms with van der Waals surface area (Å²) in [7, 11) is 1.69. The van der Waals surface area contributed by atoms with Crippen molar-refractivity contribution in [1.29, 1.82) is 0 Å². The number of aromatic hydroxyl groups is 1. The summed E-state index contributed by atoms with van der Waals surface area (Å²) in [5.41, 5.74) is 3.25. The quantitative estimate of drug-likeness (QED) is 0.148. The lowest BCUT2D eigenvalue weighted by Gasteiger charge is -2.42. The number of aliphatic hydroxyl groups excluding tert-OH is 1. The smallest absolute Gasteiger partial charge is 0.303 e. The fraction of sp³-hybridized carbons (Fsp3) is 0.571. The molecule has 1 aromatic rings. The standard InChI is InChI=1S/C35H50O11/c1-21(14-11-17-35(7,8)41-9)12-10-13-22(2)15-16-27-19-28(39)23(3)18-29(27)45-34-31(40)33(44-26(6)38)32(43-25(5)37)30(46-34)20-42-24(4)36/h11-12,15,17-19,30-34,39-40H,10,13-14,16,20H2,1-9H3/t30-,31-,32+,33-,34-/m1/s1. The van der Waals surface area contributed by atoms with E-state index in [2.05, 4.69) is 25.2 Å². The summed E-state index contributed by atoms with van der Waals surface area (Å²) >= 11 is 0. The van der Waals surface area contributed by atoms with Gasteiger partial charge in [-0.1, -0.05) is 35.5 Å². The molecule has 0 aromatic heterocycles. The molecule has 0 bridgehead atoms. The first-order valence-corrected chi connectivity index (χ1v) is 15.4. The van der Waals surface area contributed by atoms with E-state index in [4.69, 9.17) is 28.4 Å². The second-order valence-electron chi connectivity index (χ2n) is 12.1. The van der Waals surface area contributed by atoms with E-state index in [9.17, 15) is 24.6 Å². The molecule has 2 N–H and O–H groups in total. The van der Waals surface area contributed by atoms with Crippen LogP contribution in [0.15, 0.2) is 47.6 Å². The topological polar surface area (TPSA) is 147 Å². The van der Waals surface area contributed by atoms with Gasteiger partial charge >= 0.3 is 17.9 Å². The van der Waals surface area contributed by atoms with Crippen molar-refractivity contribution in [2.45, 2.75) is 117 Å². The van der Waals surface area contributed by atoms with Crippen LogP contribution in [-0.2, 0) is 44.5 Å². The Kier molecular flexibility index (Phi) is 15.0. The highest BCUT2D eigenvalue weighted by Crippen LogP contribution is 2.33. The van der Waals surface area contributed by atoms with Crippen molar-refractivity contribution in [1.82, 2.24) is 0 Å². The monoisotopic (exact) mass is 646 g/mol. The number of aryl methyl sites for hydroxylation is 1. The van der Waals surface area contributed by atoms with Gasteiger partial charge < -0.3 is 38.6 Å². The summed E-state index contributed by atoms with van der Waals surface area (Å²) in [6.07, 6.45) is 4.64. The molecule has 1 heterocycles. The molecular formula is C35H50O11. The second-order valence-corrected chi connectivity index (χ2v) is 12.1. The number of phenolic OH excluding ortho intramolecular Hbond substituents is 1. The lowest BCUT2D eigenvalue weighted by Crippen LogP contribution is -2.62. The number of esters is 3. The molecule has 1 aromatic carbocycles. The van der Waals surface area contributed by atoms with Gasteiger partial charge in [0.25, 0.3) is 0 Å². The number of hydrogen-bond donors (Lipinski definition) is 2. The van der Waals surface area contributed by atoms with Gasteiger partial charge in [0, 0.05) is 33.4 Å². The molecule has 1 aliphatic rings. The fourth-order valence-electron chi connectivity index (χ4n) is 4.71. The maximum atomic E-state index is 11.9. The van der Waals surface area contributed by atoms with Crippen LogP contribution in [0.25, 0.3) is 0 Å². The van der Waals surface area contributed by atoms with Crippen LogP contribution in [0.1, 0.15) is 78.9 Å². The van der Waals surface area contributed by atoms with Gasteiger partial charge in [-0.25, -0.2) is 0 Å². The molecule has 0 unspecified atom stereocenters. The number of aliphatic hydroxyl groups is 1. The summed E-state index contributed by atoms with van der Waals surface area (Å²) < 4.78 is 33.3. The minimum atomic E-state index is -1.58. The van der Waals surface area contributed by atoms with Crippen LogP contribution in [0, 0.1) is 6.92 Å². The SMILES string of the molecule is COC(C)(C)C=CCC(C)=CCCC(C)=CCc1cc(O)c(C)cc1O[C@@H]1O[C@H](COC(C)=O)[C@H](OC(C)=O)[C@H](OC(C)=O)[C@H]1O. The largest absolute Gasteiger partial charge is 0.508 e. The molecule has 11 nitrogen and oxygen atoms in total. The highest BCUT2D eigenvalue weighted by Gasteiger charge is 2.51. The third-order valence-electron chi connectivity index (χ3n) is 7.48. The molecule has 1 aliphatic heterocycles. The lowest BCUT2D eigenvalue weighted by molar-refractivity contribution is -0.285. The Morgan fingerprint density at radius 1 is 0.957 bits per heavy atom. The Balaban J connectivity index is 2.24. The molecule has 0 aliphatic carbocycles. The Bertz CT molecular complexity index is 1290. The van der Waals surface area contributed by atoms with Crippen molar-refractivity contribution in [2.75, 3.05) is 13.7 Å². The maximum Gasteiger partial charge on any atom is 0.303 e. The summed E-state index contributed by atoms with van der Waals surface area (Å²) in [5.74, 6) is -1.65. The molecule has 0 spiro atoms. The Labute approximate surface area is 272 Å². The fourth-order valence-corrected chi connectivity index (χ4v) is 4.71. The van der Waals surface area contributed by atoms with Crippen molar-refractivity contribution in [3.05, 3.63) is 58.7 Å². The summed E-state index contributed by atoms with van der Waals surface area (Å²) in [6, 6.07) is 3.21. The number of rotatable bonds is 15. The zero-order valence-electron chi connectivity index (χ0n) is 28.5. The van der Waals surface area contributed by atoms with Crippen molar-refractivity contribution < 1.29 is 53.0 Å². The molecule has 256 valence electrons. The maximum absolute atomic E-state index is 11.9. The van der Waals surface area contributed by atoms with Crippen LogP contribution in [0.4, 0.5) is 0 Å². The van der Waals surface area contributed by atoms with E-state index in [1.807, 2.05) is 26.8 Å². The number of allylic oxidation sites excluding steroid dienone is 5. The summed E-state index contributed by atoms with van der Waals surface area (Å²) in [5, 5.41) is 21.7. The molecule has 1 saturated heterocycles. The third-order valence-corrected chi connectivity index (χ3v) is 7.48. The van der Waals surface area contributed by atoms with E-state index >= 15 is 0 Å². The lowest BCUT2D eigenvalue weighted by atomic mass is 9.98. The highest BCUT2D eigenvalue weighted by molar-refractivity contribution is 5.68. The van der Waals surface area contributed by atoms with Crippen LogP contribution in [0.2, 0.25) is 0 Å². The van der Waals surface area contributed by atoms with Crippen LogP contribution in [0.3, 0.4) is 0 Å². The minimum Gasteiger partial charge on any atom is -0.508 e. The molecule has 2 rings (SSSR count). The van der Waals surface area contributed by atoms with Crippen molar-refractivity contribution >= 4 is 17.9 Å². The predicted molar refractivity (Wildman–Crippen MR) is 171 cm³/mol. The second kappa shape index (κ2) is 17.9. The molecule has 46 heavy (non-hydrogen) atoms. The van der Waals surface area contributed by atoms with Gasteiger partial charge in [-0.05, 0) is 78.0 Å². The molecule has 1 fully saturated rings. The van der Waals surface area contributed by atoms with Gasteiger partial charge in [-0.15, -0.1) is 0 Å². The number of phenols is 1. The minimum absolute atomic E-state index is 0.0715. The first-order chi connectivity index (χ1) is 21.5. The highest BCUT2D eigenvalue weighted by atomic mass is 16.7. The first-order valence-electron chi connectivity index (χ1n) is 15.4. The van der Waals surface area contributed by atoms with Gasteiger partial charge in [0.2, 0.25) is 6.29 Å². The molecule has 5 atom stereocenters. The predicted octanol–water partition coefficient (Wildman–Crippen LogP) is 5.18. The molecule has 0 amide bonds. The normalized spacial score (nSPS) is 22.4. The van der Waals surface area contributed by atoms with Crippen LogP contribution >= 0.6 is 0 Å². The van der Waals surface area contributed by atoms with Crippen molar-refractivity contribution in [3.63, 3.8) is 0 Å². The first kappa shape index (κ1) is 38.5. The van der Waals surface area contributed by atoms with Gasteiger partial charge in [-0.2, -0.15) is 0 Å². The third kappa shape index (κ3) is 12.6. The van der Waals surface area contributed by atoms with E-state index in [0.717, 1.165) is 38.7 Å². The van der Waals surface area contributed by atoms with E-state index in [-0.39, 0.29) is 18.0 Å². The molecular weight excluding hydrogens is 596 g/mol. The number of carbonyl (C=O) groups is 3. The average molecular weight is 647 g/mol. The number of benzene rings is 1. The van der Waals surface area contributed by atoms with Crippen molar-refractivity contribution in [2.24, 2.45) is 0 Å². The number of methoxy groups -OCH3 is 1. The Morgan fingerprint density at radius 2 is 1.61 bits per heavy atom. The van der Waals surface area contributed by atoms with Gasteiger partial charge in [-0.3, -0.25) is 14.4 Å². The number of carbonyl (C=O) groups excluding carboxylic acids is 3. The Morgan fingerprint density at radius 3 is 2.22 bits per heavy atom. The summed E-state index contributed by atoms with van der Waals surface area (Å²) in [4.78, 5) is 35.3. The van der Waals surface area contributed by atoms with E-state index in [1.54, 1.807) is 26.2 Å². The van der Waals surface area contributed by atoms with Gasteiger partial charge in [0.15, 0.2) is 18.3 Å². The van der Waals surface area contributed by atoms with E-state index in [1.165, 1.54) is 12.5 Å². The van der Waals surface area contributed by atoms with Gasteiger partial charge in [0.05, 0.1) is 5.60 Å². The van der Waals surface area contributed by atoms with Crippen LogP contribution < -0.4 is 4.74 Å². The zero-order chi connectivity index (χ0) is 34.6. The number of hydrogen-bond acceptors (Lipinski definition) is 11. The van der Waals surface area contributed by atoms with Crippen LogP contribution in [0.5, 0.6) is 11.5 Å². The van der Waals surface area contributed by atoms with Gasteiger partial charge in [0.1, 0.15) is 24.2 Å². The van der Waals surface area contributed by atoms with Crippen LogP contribution in [-0.4, -0.2) is 78.1 Å². The summed E-state index contributed by atoms with van der Waals surface area (Å²) in [6.45, 7) is 13.0. The van der Waals surface area contributed by atoms with Crippen molar-refractivity contribution in [3.8, 4) is 11.5 Å². The molecule has 11 heteroatoms. The average Bonchev–Trinajstić information content (AvgIpc) is 2.96. The Hall–Kier alpha value is -3.67. The molecule has 0 radical (unpaired) electrons. The molecule has 0 saturated carbocycles. The van der Waals surface area contributed by atoms with E-state index in [0.29, 0.717) is 23.3 Å². The van der Waals surface area contributed by atoms with E-state index < -0.39 is 48.6 Å². The zero-order valence-corrected chi connectivity index (χ0v) is 28.5.